The Morgan fingerprint density at radius 2 is 1.88 bits per heavy atom. The molecular formula is C25H33N3O4. The molecule has 3 aliphatic heterocycles. The molecule has 1 aliphatic carbocycles. The van der Waals surface area contributed by atoms with Gasteiger partial charge in [0.05, 0.1) is 6.10 Å². The zero-order valence-electron chi connectivity index (χ0n) is 18.6. The van der Waals surface area contributed by atoms with Crippen LogP contribution >= 0.6 is 0 Å². The van der Waals surface area contributed by atoms with Gasteiger partial charge >= 0.3 is 0 Å². The van der Waals surface area contributed by atoms with Crippen LogP contribution in [0, 0.1) is 0 Å². The fourth-order valence-electron chi connectivity index (χ4n) is 5.79. The molecule has 1 unspecified atom stereocenters. The van der Waals surface area contributed by atoms with Crippen LogP contribution in [0.2, 0.25) is 0 Å². The maximum absolute atomic E-state index is 12.9. The van der Waals surface area contributed by atoms with E-state index in [4.69, 9.17) is 4.74 Å². The molecule has 7 heteroatoms. The van der Waals surface area contributed by atoms with E-state index in [1.807, 2.05) is 12.1 Å². The third kappa shape index (κ3) is 4.46. The molecule has 1 saturated carbocycles. The van der Waals surface area contributed by atoms with Gasteiger partial charge in [-0.2, -0.15) is 0 Å². The second-order valence-corrected chi connectivity index (χ2v) is 9.76. The summed E-state index contributed by atoms with van der Waals surface area (Å²) in [4.78, 5) is 38.3. The monoisotopic (exact) mass is 439 g/mol. The van der Waals surface area contributed by atoms with Gasteiger partial charge < -0.3 is 15.0 Å². The summed E-state index contributed by atoms with van der Waals surface area (Å²) in [5.74, 6) is -0.747. The van der Waals surface area contributed by atoms with Crippen LogP contribution in [0.25, 0.3) is 0 Å². The van der Waals surface area contributed by atoms with Gasteiger partial charge in [-0.25, -0.2) is 0 Å². The van der Waals surface area contributed by atoms with E-state index in [1.165, 1.54) is 37.7 Å². The van der Waals surface area contributed by atoms with Crippen molar-refractivity contribution in [3.05, 3.63) is 34.9 Å². The van der Waals surface area contributed by atoms with Crippen LogP contribution < -0.4 is 10.6 Å². The summed E-state index contributed by atoms with van der Waals surface area (Å²) in [6, 6.07) is 6.45. The van der Waals surface area contributed by atoms with E-state index in [9.17, 15) is 14.4 Å². The van der Waals surface area contributed by atoms with Crippen LogP contribution in [0.15, 0.2) is 18.2 Å². The molecule has 2 saturated heterocycles. The van der Waals surface area contributed by atoms with Gasteiger partial charge in [0.25, 0.3) is 5.91 Å². The van der Waals surface area contributed by atoms with Crippen molar-refractivity contribution in [2.24, 2.45) is 0 Å². The number of rotatable bonds is 5. The molecule has 0 bridgehead atoms. The Kier molecular flexibility index (Phi) is 6.28. The van der Waals surface area contributed by atoms with Crippen LogP contribution in [0.4, 0.5) is 0 Å². The molecule has 3 fully saturated rings. The number of benzene rings is 1. The van der Waals surface area contributed by atoms with Crippen molar-refractivity contribution in [2.45, 2.75) is 95.0 Å². The highest BCUT2D eigenvalue weighted by atomic mass is 16.5. The maximum Gasteiger partial charge on any atom is 0.255 e. The number of imide groups is 1. The average molecular weight is 440 g/mol. The first-order valence-electron chi connectivity index (χ1n) is 12.2. The van der Waals surface area contributed by atoms with E-state index in [0.717, 1.165) is 31.4 Å². The third-order valence-corrected chi connectivity index (χ3v) is 7.52. The Bertz CT molecular complexity index is 895. The molecule has 2 N–H and O–H groups in total. The molecule has 5 rings (SSSR count). The Hall–Kier alpha value is -2.25. The standard InChI is InChI=1S/C25H33N3O4/c29-23-11-10-21(24(30)27-23)28-15-17-13-16(8-9-19(17)25(28)31)14-22-20(7-4-12-32-22)26-18-5-2-1-3-6-18/h8-9,13,18,20-22,26H,1-7,10-12,14-15H2,(H,27,29,30)/t20-,21?,22+/m0/s1. The average Bonchev–Trinajstić information content (AvgIpc) is 3.11. The van der Waals surface area contributed by atoms with Crippen LogP contribution in [0.3, 0.4) is 0 Å². The second kappa shape index (κ2) is 9.32. The molecule has 0 radical (unpaired) electrons. The number of piperidine rings is 1. The van der Waals surface area contributed by atoms with E-state index >= 15 is 0 Å². The van der Waals surface area contributed by atoms with Gasteiger partial charge in [-0.15, -0.1) is 0 Å². The number of ether oxygens (including phenoxy) is 1. The highest BCUT2D eigenvalue weighted by molar-refractivity contribution is 6.05. The molecule has 3 heterocycles. The normalized spacial score (nSPS) is 29.2. The summed E-state index contributed by atoms with van der Waals surface area (Å²) in [5.41, 5.74) is 2.80. The zero-order chi connectivity index (χ0) is 22.1. The molecule has 1 aromatic carbocycles. The number of nitrogens with zero attached hydrogens (tertiary/aromatic N) is 1. The first kappa shape index (κ1) is 21.6. The fourth-order valence-corrected chi connectivity index (χ4v) is 5.79. The van der Waals surface area contributed by atoms with Crippen molar-refractivity contribution in [3.63, 3.8) is 0 Å². The number of nitrogens with one attached hydrogen (secondary N) is 2. The van der Waals surface area contributed by atoms with Crippen molar-refractivity contribution in [2.75, 3.05) is 6.61 Å². The SMILES string of the molecule is O=C1CCC(N2Cc3cc(C[C@H]4OCCC[C@@H]4NC4CCCCC4)ccc3C2=O)C(=O)N1. The van der Waals surface area contributed by atoms with Crippen molar-refractivity contribution in [1.82, 2.24) is 15.5 Å². The summed E-state index contributed by atoms with van der Waals surface area (Å²) in [6.45, 7) is 1.23. The van der Waals surface area contributed by atoms with E-state index in [2.05, 4.69) is 16.7 Å². The lowest BCUT2D eigenvalue weighted by atomic mass is 9.91. The first-order valence-corrected chi connectivity index (χ1v) is 12.2. The summed E-state index contributed by atoms with van der Waals surface area (Å²) in [7, 11) is 0. The highest BCUT2D eigenvalue weighted by Gasteiger charge is 2.39. The Morgan fingerprint density at radius 3 is 2.69 bits per heavy atom. The third-order valence-electron chi connectivity index (χ3n) is 7.52. The molecular weight excluding hydrogens is 406 g/mol. The minimum absolute atomic E-state index is 0.119. The lowest BCUT2D eigenvalue weighted by Gasteiger charge is -2.36. The van der Waals surface area contributed by atoms with Crippen molar-refractivity contribution in [3.8, 4) is 0 Å². The van der Waals surface area contributed by atoms with Gasteiger partial charge in [0.1, 0.15) is 6.04 Å². The van der Waals surface area contributed by atoms with Gasteiger partial charge in [0.15, 0.2) is 0 Å². The summed E-state index contributed by atoms with van der Waals surface area (Å²) in [5, 5.41) is 6.25. The minimum Gasteiger partial charge on any atom is -0.376 e. The molecule has 0 spiro atoms. The molecule has 172 valence electrons. The largest absolute Gasteiger partial charge is 0.376 e. The van der Waals surface area contributed by atoms with Crippen LogP contribution in [0.1, 0.15) is 79.3 Å². The topological polar surface area (TPSA) is 87.7 Å². The van der Waals surface area contributed by atoms with Gasteiger partial charge in [-0.1, -0.05) is 31.4 Å². The Balaban J connectivity index is 1.26. The number of hydrogen-bond acceptors (Lipinski definition) is 5. The molecule has 3 amide bonds. The van der Waals surface area contributed by atoms with Crippen LogP contribution in [-0.4, -0.2) is 53.5 Å². The van der Waals surface area contributed by atoms with E-state index in [0.29, 0.717) is 30.6 Å². The lowest BCUT2D eigenvalue weighted by molar-refractivity contribution is -0.136. The van der Waals surface area contributed by atoms with E-state index in [-0.39, 0.29) is 30.2 Å². The summed E-state index contributed by atoms with van der Waals surface area (Å²) < 4.78 is 6.19. The smallest absolute Gasteiger partial charge is 0.255 e. The predicted molar refractivity (Wildman–Crippen MR) is 119 cm³/mol. The maximum atomic E-state index is 12.9. The van der Waals surface area contributed by atoms with Crippen molar-refractivity contribution >= 4 is 17.7 Å². The fraction of sp³-hybridized carbons (Fsp3) is 0.640. The Morgan fingerprint density at radius 1 is 1.03 bits per heavy atom. The molecule has 32 heavy (non-hydrogen) atoms. The van der Waals surface area contributed by atoms with Gasteiger partial charge in [-0.3, -0.25) is 19.7 Å². The van der Waals surface area contributed by atoms with Gasteiger partial charge in [0, 0.05) is 43.6 Å². The lowest BCUT2D eigenvalue weighted by Crippen LogP contribution is -2.52. The number of hydrogen-bond donors (Lipinski definition) is 2. The quantitative estimate of drug-likeness (QED) is 0.688. The Labute approximate surface area is 189 Å². The van der Waals surface area contributed by atoms with Gasteiger partial charge in [-0.05, 0) is 49.3 Å². The predicted octanol–water partition coefficient (Wildman–Crippen LogP) is 2.46. The molecule has 1 aromatic rings. The van der Waals surface area contributed by atoms with Crippen LogP contribution in [0.5, 0.6) is 0 Å². The number of fused-ring (bicyclic) bond motifs is 1. The first-order chi connectivity index (χ1) is 15.6. The summed E-state index contributed by atoms with van der Waals surface area (Å²) in [6.07, 6.45) is 10.4. The van der Waals surface area contributed by atoms with E-state index < -0.39 is 6.04 Å². The number of carbonyl (C=O) groups is 3. The highest BCUT2D eigenvalue weighted by Crippen LogP contribution is 2.30. The van der Waals surface area contributed by atoms with Crippen molar-refractivity contribution in [1.29, 1.82) is 0 Å². The van der Waals surface area contributed by atoms with Gasteiger partial charge in [0.2, 0.25) is 11.8 Å². The molecule has 7 nitrogen and oxygen atoms in total. The number of amides is 3. The molecule has 4 aliphatic rings. The van der Waals surface area contributed by atoms with Crippen molar-refractivity contribution < 1.29 is 19.1 Å². The van der Waals surface area contributed by atoms with Crippen LogP contribution in [-0.2, 0) is 27.3 Å². The van der Waals surface area contributed by atoms with E-state index in [1.54, 1.807) is 4.90 Å². The molecule has 3 atom stereocenters. The number of carbonyl (C=O) groups excluding carboxylic acids is 3. The second-order valence-electron chi connectivity index (χ2n) is 9.76. The minimum atomic E-state index is -0.568. The molecule has 0 aromatic heterocycles. The summed E-state index contributed by atoms with van der Waals surface area (Å²) >= 11 is 0. The zero-order valence-corrected chi connectivity index (χ0v) is 18.6.